The van der Waals surface area contributed by atoms with E-state index in [1.54, 1.807) is 20.3 Å². The molecule has 6 heteroatoms. The van der Waals surface area contributed by atoms with Gasteiger partial charge in [-0.3, -0.25) is 0 Å². The van der Waals surface area contributed by atoms with E-state index in [0.717, 1.165) is 32.6 Å². The summed E-state index contributed by atoms with van der Waals surface area (Å²) in [5, 5.41) is 3.46. The SMILES string of the molecule is CCCN(CC1CCCNC1)c1nc(OC)cc(OC)n1. The summed E-state index contributed by atoms with van der Waals surface area (Å²) < 4.78 is 10.5. The van der Waals surface area contributed by atoms with Crippen LogP contribution in [0.15, 0.2) is 6.07 Å². The van der Waals surface area contributed by atoms with Gasteiger partial charge in [0.05, 0.1) is 20.3 Å². The molecule has 0 radical (unpaired) electrons. The summed E-state index contributed by atoms with van der Waals surface area (Å²) in [4.78, 5) is 11.2. The summed E-state index contributed by atoms with van der Waals surface area (Å²) in [5.41, 5.74) is 0. The lowest BCUT2D eigenvalue weighted by Crippen LogP contribution is -2.39. The molecule has 0 bridgehead atoms. The third kappa shape index (κ3) is 4.46. The number of nitrogens with zero attached hydrogens (tertiary/aromatic N) is 3. The first-order valence-electron chi connectivity index (χ1n) is 7.69. The van der Waals surface area contributed by atoms with Crippen molar-refractivity contribution in [2.75, 3.05) is 45.3 Å². The van der Waals surface area contributed by atoms with Crippen LogP contribution < -0.4 is 19.7 Å². The fourth-order valence-corrected chi connectivity index (χ4v) is 2.68. The molecule has 1 unspecified atom stereocenters. The highest BCUT2D eigenvalue weighted by atomic mass is 16.5. The Labute approximate surface area is 126 Å². The second-order valence-electron chi connectivity index (χ2n) is 5.41. The summed E-state index contributed by atoms with van der Waals surface area (Å²) in [7, 11) is 3.22. The molecule has 2 rings (SSSR count). The van der Waals surface area contributed by atoms with Crippen molar-refractivity contribution in [1.82, 2.24) is 15.3 Å². The van der Waals surface area contributed by atoms with E-state index in [-0.39, 0.29) is 0 Å². The van der Waals surface area contributed by atoms with Crippen LogP contribution in [-0.4, -0.2) is 50.4 Å². The molecule has 118 valence electrons. The Balaban J connectivity index is 2.15. The van der Waals surface area contributed by atoms with E-state index in [9.17, 15) is 0 Å². The number of ether oxygens (including phenoxy) is 2. The minimum absolute atomic E-state index is 0.541. The van der Waals surface area contributed by atoms with E-state index in [1.807, 2.05) is 0 Å². The predicted octanol–water partition coefficient (Wildman–Crippen LogP) is 1.71. The second-order valence-corrected chi connectivity index (χ2v) is 5.41. The molecule has 1 atom stereocenters. The van der Waals surface area contributed by atoms with Crippen molar-refractivity contribution in [3.8, 4) is 11.8 Å². The number of piperidine rings is 1. The highest BCUT2D eigenvalue weighted by Gasteiger charge is 2.19. The normalized spacial score (nSPS) is 18.3. The van der Waals surface area contributed by atoms with Gasteiger partial charge in [-0.05, 0) is 38.3 Å². The van der Waals surface area contributed by atoms with E-state index in [4.69, 9.17) is 9.47 Å². The van der Waals surface area contributed by atoms with Crippen molar-refractivity contribution in [2.45, 2.75) is 26.2 Å². The molecule has 1 aromatic rings. The van der Waals surface area contributed by atoms with Gasteiger partial charge in [-0.25, -0.2) is 0 Å². The Morgan fingerprint density at radius 3 is 2.52 bits per heavy atom. The number of hydrogen-bond donors (Lipinski definition) is 1. The fraction of sp³-hybridized carbons (Fsp3) is 0.733. The molecule has 1 aliphatic rings. The van der Waals surface area contributed by atoms with E-state index in [0.29, 0.717) is 23.6 Å². The van der Waals surface area contributed by atoms with Crippen molar-refractivity contribution in [2.24, 2.45) is 5.92 Å². The van der Waals surface area contributed by atoms with Crippen LogP contribution in [0.5, 0.6) is 11.8 Å². The minimum atomic E-state index is 0.541. The Bertz CT molecular complexity index is 413. The van der Waals surface area contributed by atoms with Crippen LogP contribution in [0.3, 0.4) is 0 Å². The van der Waals surface area contributed by atoms with Crippen molar-refractivity contribution in [3.63, 3.8) is 0 Å². The van der Waals surface area contributed by atoms with Gasteiger partial charge in [-0.15, -0.1) is 0 Å². The topological polar surface area (TPSA) is 59.5 Å². The van der Waals surface area contributed by atoms with Gasteiger partial charge in [0, 0.05) is 13.1 Å². The highest BCUT2D eigenvalue weighted by molar-refractivity contribution is 5.36. The maximum atomic E-state index is 5.25. The molecule has 1 N–H and O–H groups in total. The van der Waals surface area contributed by atoms with Crippen molar-refractivity contribution < 1.29 is 9.47 Å². The van der Waals surface area contributed by atoms with E-state index in [2.05, 4.69) is 27.1 Å². The van der Waals surface area contributed by atoms with Crippen molar-refractivity contribution >= 4 is 5.95 Å². The first-order chi connectivity index (χ1) is 10.3. The lowest BCUT2D eigenvalue weighted by molar-refractivity contribution is 0.363. The molecule has 21 heavy (non-hydrogen) atoms. The smallest absolute Gasteiger partial charge is 0.231 e. The summed E-state index contributed by atoms with van der Waals surface area (Å²) in [6.07, 6.45) is 3.56. The number of nitrogens with one attached hydrogen (secondary N) is 1. The van der Waals surface area contributed by atoms with Crippen LogP contribution in [0.2, 0.25) is 0 Å². The zero-order valence-electron chi connectivity index (χ0n) is 13.3. The van der Waals surface area contributed by atoms with E-state index < -0.39 is 0 Å². The van der Waals surface area contributed by atoms with Gasteiger partial charge in [-0.1, -0.05) is 6.92 Å². The number of rotatable bonds is 7. The van der Waals surface area contributed by atoms with Crippen LogP contribution in [0.25, 0.3) is 0 Å². The molecule has 0 saturated carbocycles. The molecule has 1 aromatic heterocycles. The standard InChI is InChI=1S/C15H26N4O2/c1-4-8-19(11-12-6-5-7-16-10-12)15-17-13(20-2)9-14(18-15)21-3/h9,12,16H,4-8,10-11H2,1-3H3. The molecule has 2 heterocycles. The van der Waals surface area contributed by atoms with E-state index in [1.165, 1.54) is 12.8 Å². The zero-order chi connectivity index (χ0) is 15.1. The molecule has 0 aliphatic carbocycles. The predicted molar refractivity (Wildman–Crippen MR) is 83.2 cm³/mol. The molecule has 6 nitrogen and oxygen atoms in total. The molecule has 0 aromatic carbocycles. The number of anilines is 1. The van der Waals surface area contributed by atoms with Gasteiger partial charge in [0.25, 0.3) is 0 Å². The van der Waals surface area contributed by atoms with Crippen LogP contribution >= 0.6 is 0 Å². The Hall–Kier alpha value is -1.56. The number of methoxy groups -OCH3 is 2. The number of aromatic nitrogens is 2. The Kier molecular flexibility index (Phi) is 6.04. The van der Waals surface area contributed by atoms with Gasteiger partial charge >= 0.3 is 0 Å². The largest absolute Gasteiger partial charge is 0.481 e. The van der Waals surface area contributed by atoms with Crippen LogP contribution in [0.4, 0.5) is 5.95 Å². The minimum Gasteiger partial charge on any atom is -0.481 e. The maximum Gasteiger partial charge on any atom is 0.231 e. The zero-order valence-corrected chi connectivity index (χ0v) is 13.3. The van der Waals surface area contributed by atoms with Gasteiger partial charge in [0.15, 0.2) is 0 Å². The maximum absolute atomic E-state index is 5.25. The third-order valence-corrected chi connectivity index (χ3v) is 3.74. The average molecular weight is 294 g/mol. The van der Waals surface area contributed by atoms with Gasteiger partial charge in [0.1, 0.15) is 0 Å². The fourth-order valence-electron chi connectivity index (χ4n) is 2.68. The van der Waals surface area contributed by atoms with Crippen LogP contribution in [0, 0.1) is 5.92 Å². The summed E-state index contributed by atoms with van der Waals surface area (Å²) in [6.45, 7) is 6.28. The molecule has 0 spiro atoms. The summed E-state index contributed by atoms with van der Waals surface area (Å²) in [6, 6.07) is 1.70. The van der Waals surface area contributed by atoms with Gasteiger partial charge < -0.3 is 19.7 Å². The van der Waals surface area contributed by atoms with Gasteiger partial charge in [0.2, 0.25) is 17.7 Å². The lowest BCUT2D eigenvalue weighted by Gasteiger charge is -2.30. The first-order valence-corrected chi connectivity index (χ1v) is 7.69. The van der Waals surface area contributed by atoms with Crippen molar-refractivity contribution in [3.05, 3.63) is 6.07 Å². The third-order valence-electron chi connectivity index (χ3n) is 3.74. The van der Waals surface area contributed by atoms with Crippen LogP contribution in [-0.2, 0) is 0 Å². The molecule has 1 saturated heterocycles. The molecule has 0 amide bonds. The summed E-state index contributed by atoms with van der Waals surface area (Å²) >= 11 is 0. The van der Waals surface area contributed by atoms with Gasteiger partial charge in [-0.2, -0.15) is 9.97 Å². The lowest BCUT2D eigenvalue weighted by atomic mass is 9.99. The number of hydrogen-bond acceptors (Lipinski definition) is 6. The molecule has 1 aliphatic heterocycles. The Morgan fingerprint density at radius 1 is 1.29 bits per heavy atom. The Morgan fingerprint density at radius 2 is 2.00 bits per heavy atom. The first kappa shape index (κ1) is 15.8. The quantitative estimate of drug-likeness (QED) is 0.826. The summed E-state index contributed by atoms with van der Waals surface area (Å²) in [5.74, 6) is 2.42. The van der Waals surface area contributed by atoms with E-state index >= 15 is 0 Å². The second kappa shape index (κ2) is 8.02. The van der Waals surface area contributed by atoms with Crippen molar-refractivity contribution in [1.29, 1.82) is 0 Å². The monoisotopic (exact) mass is 294 g/mol. The van der Waals surface area contributed by atoms with Crippen LogP contribution in [0.1, 0.15) is 26.2 Å². The molecular weight excluding hydrogens is 268 g/mol. The molecule has 1 fully saturated rings. The highest BCUT2D eigenvalue weighted by Crippen LogP contribution is 2.22. The average Bonchev–Trinajstić information content (AvgIpc) is 2.55. The molecular formula is C15H26N4O2.